The second-order valence-corrected chi connectivity index (χ2v) is 7.91. The molecule has 2 aliphatic carbocycles. The molecule has 6 heteroatoms. The molecule has 1 saturated heterocycles. The van der Waals surface area contributed by atoms with Gasteiger partial charge in [0.2, 0.25) is 5.91 Å². The molecule has 3 rings (SSSR count). The number of urea groups is 1. The summed E-state index contributed by atoms with van der Waals surface area (Å²) >= 11 is 0. The van der Waals surface area contributed by atoms with E-state index in [0.717, 1.165) is 37.0 Å². The first-order valence-electron chi connectivity index (χ1n) is 9.36. The van der Waals surface area contributed by atoms with Crippen molar-refractivity contribution in [2.75, 3.05) is 6.54 Å². The number of amides is 4. The first-order chi connectivity index (χ1) is 11.4. The summed E-state index contributed by atoms with van der Waals surface area (Å²) in [6, 6.07) is -0.271. The van der Waals surface area contributed by atoms with Crippen molar-refractivity contribution in [2.24, 2.45) is 11.8 Å². The molecule has 0 aromatic rings. The van der Waals surface area contributed by atoms with Gasteiger partial charge in [-0.15, -0.1) is 0 Å². The molecule has 6 nitrogen and oxygen atoms in total. The molecule has 0 radical (unpaired) electrons. The monoisotopic (exact) mass is 335 g/mol. The molecule has 3 aliphatic rings. The van der Waals surface area contributed by atoms with E-state index in [1.807, 2.05) is 0 Å². The fraction of sp³-hybridized carbons (Fsp3) is 0.833. The van der Waals surface area contributed by atoms with Crippen molar-refractivity contribution < 1.29 is 14.4 Å². The predicted octanol–water partition coefficient (Wildman–Crippen LogP) is 2.18. The maximum absolute atomic E-state index is 12.7. The summed E-state index contributed by atoms with van der Waals surface area (Å²) in [5.74, 6) is 0.575. The molecule has 1 spiro atoms. The molecule has 24 heavy (non-hydrogen) atoms. The molecule has 0 aromatic carbocycles. The third-order valence-electron chi connectivity index (χ3n) is 6.31. The number of carbonyl (C=O) groups excluding carboxylic acids is 3. The summed E-state index contributed by atoms with van der Waals surface area (Å²) in [7, 11) is 0. The minimum Gasteiger partial charge on any atom is -0.352 e. The Hall–Kier alpha value is -1.59. The van der Waals surface area contributed by atoms with Crippen LogP contribution in [0, 0.1) is 11.8 Å². The molecule has 134 valence electrons. The van der Waals surface area contributed by atoms with Gasteiger partial charge in [0, 0.05) is 6.04 Å². The highest BCUT2D eigenvalue weighted by Gasteiger charge is 2.51. The number of hydrogen-bond donors (Lipinski definition) is 2. The van der Waals surface area contributed by atoms with Crippen molar-refractivity contribution in [1.29, 1.82) is 0 Å². The van der Waals surface area contributed by atoms with Gasteiger partial charge in [-0.05, 0) is 31.1 Å². The maximum Gasteiger partial charge on any atom is 0.325 e. The van der Waals surface area contributed by atoms with Crippen LogP contribution in [-0.4, -0.2) is 40.9 Å². The number of nitrogens with zero attached hydrogens (tertiary/aromatic N) is 1. The van der Waals surface area contributed by atoms with Gasteiger partial charge in [0.15, 0.2) is 0 Å². The van der Waals surface area contributed by atoms with E-state index in [4.69, 9.17) is 0 Å². The number of carbonyl (C=O) groups is 3. The van der Waals surface area contributed by atoms with Gasteiger partial charge in [-0.1, -0.05) is 46.0 Å². The van der Waals surface area contributed by atoms with E-state index in [1.54, 1.807) is 0 Å². The summed E-state index contributed by atoms with van der Waals surface area (Å²) in [6.45, 7) is 4.22. The lowest BCUT2D eigenvalue weighted by Crippen LogP contribution is -2.50. The smallest absolute Gasteiger partial charge is 0.325 e. The van der Waals surface area contributed by atoms with Gasteiger partial charge in [-0.25, -0.2) is 4.79 Å². The molecule has 3 fully saturated rings. The lowest BCUT2D eigenvalue weighted by Gasteiger charge is -2.35. The van der Waals surface area contributed by atoms with Crippen LogP contribution < -0.4 is 10.6 Å². The molecule has 1 aliphatic heterocycles. The van der Waals surface area contributed by atoms with Crippen molar-refractivity contribution in [3.63, 3.8) is 0 Å². The minimum absolute atomic E-state index is 0.144. The lowest BCUT2D eigenvalue weighted by molar-refractivity contribution is -0.136. The van der Waals surface area contributed by atoms with Gasteiger partial charge in [-0.3, -0.25) is 14.5 Å². The van der Waals surface area contributed by atoms with E-state index < -0.39 is 11.6 Å². The van der Waals surface area contributed by atoms with Crippen LogP contribution >= 0.6 is 0 Å². The van der Waals surface area contributed by atoms with Crippen LogP contribution in [0.5, 0.6) is 0 Å². The lowest BCUT2D eigenvalue weighted by atomic mass is 9.78. The molecule has 2 N–H and O–H groups in total. The SMILES string of the molecule is C[C@@H]1[C@@H](C)CCC[C@H]1NC(=O)CN1C(=O)NC2(CCCCC2)C1=O. The molecule has 1 heterocycles. The molecule has 0 unspecified atom stereocenters. The van der Waals surface area contributed by atoms with E-state index in [2.05, 4.69) is 24.5 Å². The Bertz CT molecular complexity index is 528. The van der Waals surface area contributed by atoms with E-state index in [9.17, 15) is 14.4 Å². The Morgan fingerprint density at radius 2 is 1.88 bits per heavy atom. The summed E-state index contributed by atoms with van der Waals surface area (Å²) in [5, 5.41) is 5.90. The number of rotatable bonds is 3. The van der Waals surface area contributed by atoms with Crippen LogP contribution in [0.25, 0.3) is 0 Å². The highest BCUT2D eigenvalue weighted by molar-refractivity contribution is 6.09. The second-order valence-electron chi connectivity index (χ2n) is 7.91. The molecular formula is C18H29N3O3. The Morgan fingerprint density at radius 1 is 1.17 bits per heavy atom. The average molecular weight is 335 g/mol. The Labute approximate surface area is 143 Å². The fourth-order valence-electron chi connectivity index (χ4n) is 4.50. The Kier molecular flexibility index (Phi) is 4.83. The third-order valence-corrected chi connectivity index (χ3v) is 6.31. The molecule has 3 atom stereocenters. The highest BCUT2D eigenvalue weighted by Crippen LogP contribution is 2.33. The van der Waals surface area contributed by atoms with E-state index in [1.165, 1.54) is 6.42 Å². The summed E-state index contributed by atoms with van der Waals surface area (Å²) in [5.41, 5.74) is -0.748. The van der Waals surface area contributed by atoms with E-state index in [-0.39, 0.29) is 24.4 Å². The highest BCUT2D eigenvalue weighted by atomic mass is 16.2. The first-order valence-corrected chi connectivity index (χ1v) is 9.36. The Morgan fingerprint density at radius 3 is 2.58 bits per heavy atom. The van der Waals surface area contributed by atoms with Crippen LogP contribution in [-0.2, 0) is 9.59 Å². The van der Waals surface area contributed by atoms with Crippen molar-refractivity contribution in [1.82, 2.24) is 15.5 Å². The zero-order valence-corrected chi connectivity index (χ0v) is 14.8. The predicted molar refractivity (Wildman–Crippen MR) is 90.2 cm³/mol. The molecular weight excluding hydrogens is 306 g/mol. The topological polar surface area (TPSA) is 78.5 Å². The van der Waals surface area contributed by atoms with Gasteiger partial charge in [0.1, 0.15) is 12.1 Å². The second kappa shape index (κ2) is 6.73. The van der Waals surface area contributed by atoms with Gasteiger partial charge in [0.05, 0.1) is 0 Å². The number of nitrogens with one attached hydrogen (secondary N) is 2. The summed E-state index contributed by atoms with van der Waals surface area (Å²) in [6.07, 6.45) is 7.66. The maximum atomic E-state index is 12.7. The molecule has 2 saturated carbocycles. The van der Waals surface area contributed by atoms with E-state index in [0.29, 0.717) is 24.7 Å². The molecule has 0 aromatic heterocycles. The minimum atomic E-state index is -0.748. The average Bonchev–Trinajstić information content (AvgIpc) is 2.77. The third kappa shape index (κ3) is 3.15. The van der Waals surface area contributed by atoms with Gasteiger partial charge < -0.3 is 10.6 Å². The van der Waals surface area contributed by atoms with Crippen LogP contribution in [0.15, 0.2) is 0 Å². The fourth-order valence-corrected chi connectivity index (χ4v) is 4.50. The Balaban J connectivity index is 1.60. The largest absolute Gasteiger partial charge is 0.352 e. The van der Waals surface area contributed by atoms with Gasteiger partial charge >= 0.3 is 6.03 Å². The van der Waals surface area contributed by atoms with Crippen molar-refractivity contribution >= 4 is 17.8 Å². The van der Waals surface area contributed by atoms with Crippen molar-refractivity contribution in [3.05, 3.63) is 0 Å². The van der Waals surface area contributed by atoms with Gasteiger partial charge in [0.25, 0.3) is 5.91 Å². The zero-order valence-electron chi connectivity index (χ0n) is 14.8. The zero-order chi connectivity index (χ0) is 17.3. The summed E-state index contributed by atoms with van der Waals surface area (Å²) < 4.78 is 0. The van der Waals surface area contributed by atoms with Crippen molar-refractivity contribution in [2.45, 2.75) is 76.8 Å². The van der Waals surface area contributed by atoms with Crippen LogP contribution in [0.3, 0.4) is 0 Å². The quantitative estimate of drug-likeness (QED) is 0.776. The molecule has 0 bridgehead atoms. The standard InChI is InChI=1S/C18H29N3O3/c1-12-7-6-8-14(13(12)2)19-15(22)11-21-16(23)18(20-17(21)24)9-4-3-5-10-18/h12-14H,3-11H2,1-2H3,(H,19,22)(H,20,24)/t12-,13+,14+/m0/s1. The number of hydrogen-bond acceptors (Lipinski definition) is 3. The normalized spacial score (nSPS) is 32.8. The molecule has 4 amide bonds. The van der Waals surface area contributed by atoms with Gasteiger partial charge in [-0.2, -0.15) is 0 Å². The number of imide groups is 1. The van der Waals surface area contributed by atoms with Crippen LogP contribution in [0.4, 0.5) is 4.79 Å². The summed E-state index contributed by atoms with van der Waals surface area (Å²) in [4.78, 5) is 38.4. The van der Waals surface area contributed by atoms with Crippen molar-refractivity contribution in [3.8, 4) is 0 Å². The van der Waals surface area contributed by atoms with Crippen LogP contribution in [0.2, 0.25) is 0 Å². The van der Waals surface area contributed by atoms with Crippen LogP contribution in [0.1, 0.15) is 65.2 Å². The first kappa shape index (κ1) is 17.2. The van der Waals surface area contributed by atoms with E-state index >= 15 is 0 Å².